The molecule has 0 spiro atoms. The molecule has 142 valence electrons. The molecule has 0 unspecified atom stereocenters. The maximum atomic E-state index is 5.96. The SMILES string of the molecule is CCOc1ccccc1CCN=C(N)Nc1ccc(OC(C)C)cc1.I. The minimum absolute atomic E-state index is 0. The standard InChI is InChI=1S/C20H27N3O2.HI/c1-4-24-19-8-6-5-7-16(19)13-14-22-20(21)23-17-9-11-18(12-10-17)25-15(2)3;/h5-12,15H,4,13-14H2,1-3H3,(H3,21,22,23);1H. The number of benzene rings is 2. The molecular weight excluding hydrogens is 441 g/mol. The molecule has 0 aliphatic carbocycles. The Morgan fingerprint density at radius 3 is 2.46 bits per heavy atom. The predicted octanol–water partition coefficient (Wildman–Crippen LogP) is 4.46. The summed E-state index contributed by atoms with van der Waals surface area (Å²) >= 11 is 0. The molecule has 0 amide bonds. The highest BCUT2D eigenvalue weighted by Gasteiger charge is 2.02. The maximum absolute atomic E-state index is 5.96. The van der Waals surface area contributed by atoms with E-state index < -0.39 is 0 Å². The molecule has 0 heterocycles. The molecule has 0 atom stereocenters. The first-order valence-corrected chi connectivity index (χ1v) is 8.63. The average molecular weight is 469 g/mol. The lowest BCUT2D eigenvalue weighted by atomic mass is 10.1. The second-order valence-electron chi connectivity index (χ2n) is 5.87. The third kappa shape index (κ3) is 7.51. The van der Waals surface area contributed by atoms with Crippen LogP contribution in [0.4, 0.5) is 5.69 Å². The molecule has 6 heteroatoms. The van der Waals surface area contributed by atoms with Gasteiger partial charge in [0, 0.05) is 12.2 Å². The molecule has 0 aromatic heterocycles. The third-order valence-electron chi connectivity index (χ3n) is 3.43. The van der Waals surface area contributed by atoms with Crippen LogP contribution in [0.1, 0.15) is 26.3 Å². The minimum Gasteiger partial charge on any atom is -0.494 e. The Labute approximate surface area is 173 Å². The normalized spacial score (nSPS) is 11.0. The summed E-state index contributed by atoms with van der Waals surface area (Å²) in [5.41, 5.74) is 7.98. The molecule has 3 N–H and O–H groups in total. The van der Waals surface area contributed by atoms with Gasteiger partial charge in [-0.15, -0.1) is 24.0 Å². The van der Waals surface area contributed by atoms with Crippen molar-refractivity contribution < 1.29 is 9.47 Å². The number of ether oxygens (including phenoxy) is 2. The molecule has 0 bridgehead atoms. The third-order valence-corrected chi connectivity index (χ3v) is 3.43. The van der Waals surface area contributed by atoms with Crippen molar-refractivity contribution in [1.29, 1.82) is 0 Å². The van der Waals surface area contributed by atoms with Crippen molar-refractivity contribution in [2.75, 3.05) is 18.5 Å². The largest absolute Gasteiger partial charge is 0.494 e. The summed E-state index contributed by atoms with van der Waals surface area (Å²) in [5, 5.41) is 3.09. The fraction of sp³-hybridized carbons (Fsp3) is 0.350. The van der Waals surface area contributed by atoms with E-state index in [2.05, 4.69) is 16.4 Å². The number of nitrogens with two attached hydrogens (primary N) is 1. The molecular formula is C20H28IN3O2. The van der Waals surface area contributed by atoms with Crippen LogP contribution in [0.2, 0.25) is 0 Å². The number of halogens is 1. The summed E-state index contributed by atoms with van der Waals surface area (Å²) in [4.78, 5) is 4.38. The van der Waals surface area contributed by atoms with E-state index in [0.717, 1.165) is 29.2 Å². The van der Waals surface area contributed by atoms with E-state index >= 15 is 0 Å². The molecule has 0 saturated heterocycles. The van der Waals surface area contributed by atoms with Crippen molar-refractivity contribution in [2.45, 2.75) is 33.3 Å². The first kappa shape index (κ1) is 22.1. The monoisotopic (exact) mass is 469 g/mol. The van der Waals surface area contributed by atoms with Crippen molar-refractivity contribution in [3.8, 4) is 11.5 Å². The lowest BCUT2D eigenvalue weighted by Crippen LogP contribution is -2.23. The number of aliphatic imine (C=N–C) groups is 1. The number of hydrogen-bond donors (Lipinski definition) is 2. The van der Waals surface area contributed by atoms with Crippen LogP contribution in [0.3, 0.4) is 0 Å². The van der Waals surface area contributed by atoms with Gasteiger partial charge >= 0.3 is 0 Å². The van der Waals surface area contributed by atoms with Crippen LogP contribution in [0, 0.1) is 0 Å². The molecule has 26 heavy (non-hydrogen) atoms. The zero-order valence-electron chi connectivity index (χ0n) is 15.6. The number of nitrogens with zero attached hydrogens (tertiary/aromatic N) is 1. The van der Waals surface area contributed by atoms with Gasteiger partial charge in [-0.2, -0.15) is 0 Å². The second-order valence-corrected chi connectivity index (χ2v) is 5.87. The number of para-hydroxylation sites is 1. The van der Waals surface area contributed by atoms with E-state index in [9.17, 15) is 0 Å². The fourth-order valence-electron chi connectivity index (χ4n) is 2.38. The summed E-state index contributed by atoms with van der Waals surface area (Å²) in [5.74, 6) is 2.14. The van der Waals surface area contributed by atoms with Crippen molar-refractivity contribution in [2.24, 2.45) is 10.7 Å². The van der Waals surface area contributed by atoms with Gasteiger partial charge in [0.25, 0.3) is 0 Å². The van der Waals surface area contributed by atoms with Gasteiger partial charge in [0.05, 0.1) is 12.7 Å². The van der Waals surface area contributed by atoms with Crippen LogP contribution in [0.25, 0.3) is 0 Å². The van der Waals surface area contributed by atoms with Gasteiger partial charge < -0.3 is 20.5 Å². The van der Waals surface area contributed by atoms with E-state index in [0.29, 0.717) is 19.1 Å². The average Bonchev–Trinajstić information content (AvgIpc) is 2.58. The van der Waals surface area contributed by atoms with E-state index in [1.807, 2.05) is 63.2 Å². The molecule has 0 fully saturated rings. The Morgan fingerprint density at radius 1 is 1.12 bits per heavy atom. The number of anilines is 1. The van der Waals surface area contributed by atoms with Crippen molar-refractivity contribution in [3.05, 3.63) is 54.1 Å². The summed E-state index contributed by atoms with van der Waals surface area (Å²) in [7, 11) is 0. The lowest BCUT2D eigenvalue weighted by molar-refractivity contribution is 0.242. The number of nitrogens with one attached hydrogen (secondary N) is 1. The Hall–Kier alpha value is -1.96. The van der Waals surface area contributed by atoms with Crippen LogP contribution >= 0.6 is 24.0 Å². The van der Waals surface area contributed by atoms with E-state index in [-0.39, 0.29) is 30.1 Å². The van der Waals surface area contributed by atoms with Crippen LogP contribution in [-0.2, 0) is 6.42 Å². The van der Waals surface area contributed by atoms with Gasteiger partial charge in [0.2, 0.25) is 0 Å². The van der Waals surface area contributed by atoms with Gasteiger partial charge in [-0.25, -0.2) is 0 Å². The fourth-order valence-corrected chi connectivity index (χ4v) is 2.38. The van der Waals surface area contributed by atoms with Crippen LogP contribution < -0.4 is 20.5 Å². The van der Waals surface area contributed by atoms with Crippen LogP contribution in [0.15, 0.2) is 53.5 Å². The molecule has 0 aliphatic heterocycles. The van der Waals surface area contributed by atoms with Crippen LogP contribution in [0.5, 0.6) is 11.5 Å². The topological polar surface area (TPSA) is 68.9 Å². The number of hydrogen-bond acceptors (Lipinski definition) is 3. The number of rotatable bonds is 8. The van der Waals surface area contributed by atoms with Gasteiger partial charge in [0.15, 0.2) is 5.96 Å². The van der Waals surface area contributed by atoms with Gasteiger partial charge in [-0.3, -0.25) is 4.99 Å². The zero-order chi connectivity index (χ0) is 18.1. The van der Waals surface area contributed by atoms with Crippen molar-refractivity contribution in [3.63, 3.8) is 0 Å². The highest BCUT2D eigenvalue weighted by Crippen LogP contribution is 2.19. The highest BCUT2D eigenvalue weighted by molar-refractivity contribution is 14.0. The summed E-state index contributed by atoms with van der Waals surface area (Å²) in [6.07, 6.45) is 0.935. The van der Waals surface area contributed by atoms with Gasteiger partial charge in [-0.1, -0.05) is 18.2 Å². The lowest BCUT2D eigenvalue weighted by Gasteiger charge is -2.11. The molecule has 0 aliphatic rings. The second kappa shape index (κ2) is 11.6. The highest BCUT2D eigenvalue weighted by atomic mass is 127. The quantitative estimate of drug-likeness (QED) is 0.340. The van der Waals surface area contributed by atoms with Gasteiger partial charge in [-0.05, 0) is 63.1 Å². The molecule has 0 saturated carbocycles. The van der Waals surface area contributed by atoms with Crippen molar-refractivity contribution >= 4 is 35.6 Å². The molecule has 0 radical (unpaired) electrons. The summed E-state index contributed by atoms with van der Waals surface area (Å²) in [6, 6.07) is 15.7. The number of guanidine groups is 1. The molecule has 2 aromatic rings. The maximum Gasteiger partial charge on any atom is 0.193 e. The molecule has 2 rings (SSSR count). The van der Waals surface area contributed by atoms with Gasteiger partial charge in [0.1, 0.15) is 11.5 Å². The molecule has 5 nitrogen and oxygen atoms in total. The Morgan fingerprint density at radius 2 is 1.81 bits per heavy atom. The van der Waals surface area contributed by atoms with E-state index in [1.165, 1.54) is 0 Å². The Balaban J connectivity index is 0.00000338. The van der Waals surface area contributed by atoms with E-state index in [4.69, 9.17) is 15.2 Å². The predicted molar refractivity (Wildman–Crippen MR) is 119 cm³/mol. The zero-order valence-corrected chi connectivity index (χ0v) is 17.9. The van der Waals surface area contributed by atoms with E-state index in [1.54, 1.807) is 0 Å². The van der Waals surface area contributed by atoms with Crippen molar-refractivity contribution in [1.82, 2.24) is 0 Å². The first-order chi connectivity index (χ1) is 12.1. The Bertz CT molecular complexity index is 688. The van der Waals surface area contributed by atoms with Crippen LogP contribution in [-0.4, -0.2) is 25.2 Å². The minimum atomic E-state index is 0. The summed E-state index contributed by atoms with van der Waals surface area (Å²) < 4.78 is 11.2. The first-order valence-electron chi connectivity index (χ1n) is 8.63. The molecule has 2 aromatic carbocycles. The summed E-state index contributed by atoms with van der Waals surface area (Å²) in [6.45, 7) is 7.23. The Kier molecular flexibility index (Phi) is 9.87. The smallest absolute Gasteiger partial charge is 0.193 e.